The molecule has 0 fully saturated rings. The number of carboxylic acids is 1. The number of aliphatic hydroxyl groups excluding tert-OH is 2. The summed E-state index contributed by atoms with van der Waals surface area (Å²) in [6.45, 7) is 3.12. The molecule has 0 saturated heterocycles. The van der Waals surface area contributed by atoms with Crippen LogP contribution in [0.3, 0.4) is 0 Å². The van der Waals surface area contributed by atoms with Gasteiger partial charge in [-0.1, -0.05) is 13.8 Å². The number of amides is 1. The quantitative estimate of drug-likeness (QED) is 0.406. The second-order valence-electron chi connectivity index (χ2n) is 4.37. The fourth-order valence-electron chi connectivity index (χ4n) is 1.27. The number of nitrogens with one attached hydrogen (secondary N) is 1. The Bertz CT molecular complexity index is 306. The molecule has 0 aromatic rings. The van der Waals surface area contributed by atoms with Crippen molar-refractivity contribution in [1.82, 2.24) is 5.32 Å². The number of carboxylic acid groups (broad SMARTS) is 1. The van der Waals surface area contributed by atoms with Crippen LogP contribution in [0.5, 0.6) is 0 Å². The Balaban J connectivity index is 4.09. The maximum absolute atomic E-state index is 11.3. The van der Waals surface area contributed by atoms with Gasteiger partial charge in [-0.2, -0.15) is 0 Å². The molecule has 1 amide bonds. The van der Waals surface area contributed by atoms with E-state index in [1.165, 1.54) is 6.92 Å². The van der Waals surface area contributed by atoms with E-state index in [9.17, 15) is 19.5 Å². The van der Waals surface area contributed by atoms with Gasteiger partial charge in [0.25, 0.3) is 0 Å². The van der Waals surface area contributed by atoms with Crippen molar-refractivity contribution in [3.05, 3.63) is 0 Å². The van der Waals surface area contributed by atoms with E-state index < -0.39 is 30.0 Å². The Morgan fingerprint density at radius 3 is 2.28 bits per heavy atom. The molecule has 0 radical (unpaired) electrons. The summed E-state index contributed by atoms with van der Waals surface area (Å²) in [5.74, 6) is -2.89. The molecule has 0 bridgehead atoms. The van der Waals surface area contributed by atoms with Crippen LogP contribution in [0, 0.1) is 11.8 Å². The maximum Gasteiger partial charge on any atom is 0.335 e. The average molecular weight is 261 g/mol. The summed E-state index contributed by atoms with van der Waals surface area (Å²) in [5.41, 5.74) is 0. The minimum Gasteiger partial charge on any atom is -0.479 e. The molecule has 0 aromatic heterocycles. The van der Waals surface area contributed by atoms with Crippen molar-refractivity contribution >= 4 is 18.2 Å². The Labute approximate surface area is 105 Å². The highest BCUT2D eigenvalue weighted by Crippen LogP contribution is 2.07. The summed E-state index contributed by atoms with van der Waals surface area (Å²) in [7, 11) is 0. The molecule has 4 unspecified atom stereocenters. The Hall–Kier alpha value is -1.47. The third kappa shape index (κ3) is 5.74. The lowest BCUT2D eigenvalue weighted by Gasteiger charge is -2.21. The maximum atomic E-state index is 11.3. The fraction of sp³-hybridized carbons (Fsp3) is 0.727. The molecule has 0 rings (SSSR count). The van der Waals surface area contributed by atoms with Crippen LogP contribution in [-0.4, -0.2) is 52.2 Å². The lowest BCUT2D eigenvalue weighted by molar-refractivity contribution is -0.154. The summed E-state index contributed by atoms with van der Waals surface area (Å²) >= 11 is 0. The predicted octanol–water partition coefficient (Wildman–Crippen LogP) is -1.23. The van der Waals surface area contributed by atoms with Crippen molar-refractivity contribution in [3.8, 4) is 0 Å². The number of aldehydes is 1. The van der Waals surface area contributed by atoms with E-state index in [2.05, 4.69) is 5.32 Å². The zero-order chi connectivity index (χ0) is 14.3. The van der Waals surface area contributed by atoms with Gasteiger partial charge in [0.2, 0.25) is 5.91 Å². The van der Waals surface area contributed by atoms with Gasteiger partial charge in [-0.25, -0.2) is 4.79 Å². The summed E-state index contributed by atoms with van der Waals surface area (Å²) in [6, 6.07) is 0. The molecule has 104 valence electrons. The van der Waals surface area contributed by atoms with E-state index in [1.807, 2.05) is 0 Å². The zero-order valence-corrected chi connectivity index (χ0v) is 10.4. The fourth-order valence-corrected chi connectivity index (χ4v) is 1.27. The van der Waals surface area contributed by atoms with E-state index in [1.54, 1.807) is 6.92 Å². The van der Waals surface area contributed by atoms with Crippen LogP contribution in [0.15, 0.2) is 0 Å². The second-order valence-corrected chi connectivity index (χ2v) is 4.37. The topological polar surface area (TPSA) is 124 Å². The van der Waals surface area contributed by atoms with Crippen molar-refractivity contribution in [2.75, 3.05) is 6.54 Å². The van der Waals surface area contributed by atoms with E-state index in [4.69, 9.17) is 10.2 Å². The van der Waals surface area contributed by atoms with Gasteiger partial charge in [0.1, 0.15) is 6.29 Å². The molecular weight excluding hydrogens is 242 g/mol. The molecule has 18 heavy (non-hydrogen) atoms. The minimum absolute atomic E-state index is 0.0237. The lowest BCUT2D eigenvalue weighted by atomic mass is 9.99. The molecule has 4 N–H and O–H groups in total. The van der Waals surface area contributed by atoms with Crippen LogP contribution in [0.25, 0.3) is 0 Å². The largest absolute Gasteiger partial charge is 0.479 e. The number of aliphatic hydroxyl groups is 2. The van der Waals surface area contributed by atoms with Crippen molar-refractivity contribution in [2.24, 2.45) is 11.8 Å². The zero-order valence-electron chi connectivity index (χ0n) is 10.4. The highest BCUT2D eigenvalue weighted by molar-refractivity contribution is 5.78. The average Bonchev–Trinajstić information content (AvgIpc) is 2.33. The summed E-state index contributed by atoms with van der Waals surface area (Å²) in [4.78, 5) is 32.1. The van der Waals surface area contributed by atoms with Crippen LogP contribution >= 0.6 is 0 Å². The Morgan fingerprint density at radius 2 is 1.83 bits per heavy atom. The van der Waals surface area contributed by atoms with E-state index in [0.29, 0.717) is 6.29 Å². The summed E-state index contributed by atoms with van der Waals surface area (Å²) in [6.07, 6.45) is -2.66. The Kier molecular flexibility index (Phi) is 7.14. The van der Waals surface area contributed by atoms with Gasteiger partial charge in [0.05, 0.1) is 6.10 Å². The highest BCUT2D eigenvalue weighted by Gasteiger charge is 2.28. The molecule has 7 nitrogen and oxygen atoms in total. The molecule has 4 atom stereocenters. The van der Waals surface area contributed by atoms with E-state index >= 15 is 0 Å². The van der Waals surface area contributed by atoms with Crippen molar-refractivity contribution in [2.45, 2.75) is 32.5 Å². The molecule has 0 aliphatic rings. The number of carbonyl (C=O) groups is 3. The standard InChI is InChI=1S/C11H19NO6/c1-6(5-13)3-8(14)12-4-7(2)9(15)10(16)11(17)18/h5-7,9-10,15-16H,3-4H2,1-2H3,(H,12,14)(H,17,18). The minimum atomic E-state index is -1.88. The number of rotatable bonds is 8. The Morgan fingerprint density at radius 1 is 1.28 bits per heavy atom. The van der Waals surface area contributed by atoms with E-state index in [-0.39, 0.29) is 18.9 Å². The number of aliphatic carboxylic acids is 1. The molecule has 0 aromatic carbocycles. The highest BCUT2D eigenvalue weighted by atomic mass is 16.4. The van der Waals surface area contributed by atoms with Gasteiger partial charge < -0.3 is 25.4 Å². The third-order valence-electron chi connectivity index (χ3n) is 2.52. The molecule has 7 heteroatoms. The summed E-state index contributed by atoms with van der Waals surface area (Å²) in [5, 5.41) is 29.5. The first-order chi connectivity index (χ1) is 8.29. The SMILES string of the molecule is CC(C=O)CC(=O)NCC(C)C(O)C(O)C(=O)O. The lowest BCUT2D eigenvalue weighted by Crippen LogP contribution is -2.43. The molecule has 0 heterocycles. The molecule has 0 aliphatic heterocycles. The number of hydrogen-bond donors (Lipinski definition) is 4. The van der Waals surface area contributed by atoms with Gasteiger partial charge in [-0.05, 0) is 0 Å². The van der Waals surface area contributed by atoms with Gasteiger partial charge in [-0.15, -0.1) is 0 Å². The monoisotopic (exact) mass is 261 g/mol. The van der Waals surface area contributed by atoms with Crippen LogP contribution in [0.1, 0.15) is 20.3 Å². The van der Waals surface area contributed by atoms with Gasteiger partial charge >= 0.3 is 5.97 Å². The second kappa shape index (κ2) is 7.78. The van der Waals surface area contributed by atoms with E-state index in [0.717, 1.165) is 0 Å². The summed E-state index contributed by atoms with van der Waals surface area (Å²) < 4.78 is 0. The van der Waals surface area contributed by atoms with Gasteiger partial charge in [0, 0.05) is 24.8 Å². The first-order valence-corrected chi connectivity index (χ1v) is 5.60. The first-order valence-electron chi connectivity index (χ1n) is 5.60. The van der Waals surface area contributed by atoms with Gasteiger partial charge in [0.15, 0.2) is 6.10 Å². The number of hydrogen-bond acceptors (Lipinski definition) is 5. The van der Waals surface area contributed by atoms with Crippen LogP contribution in [-0.2, 0) is 14.4 Å². The van der Waals surface area contributed by atoms with Crippen LogP contribution < -0.4 is 5.32 Å². The van der Waals surface area contributed by atoms with Crippen molar-refractivity contribution in [1.29, 1.82) is 0 Å². The van der Waals surface area contributed by atoms with Crippen LogP contribution in [0.4, 0.5) is 0 Å². The van der Waals surface area contributed by atoms with Crippen molar-refractivity contribution in [3.63, 3.8) is 0 Å². The molecular formula is C11H19NO6. The smallest absolute Gasteiger partial charge is 0.335 e. The molecule has 0 saturated carbocycles. The van der Waals surface area contributed by atoms with Crippen molar-refractivity contribution < 1.29 is 29.7 Å². The first kappa shape index (κ1) is 16.5. The van der Waals surface area contributed by atoms with Gasteiger partial charge in [-0.3, -0.25) is 4.79 Å². The predicted molar refractivity (Wildman–Crippen MR) is 61.7 cm³/mol. The number of carbonyl (C=O) groups excluding carboxylic acids is 2. The molecule has 0 spiro atoms. The van der Waals surface area contributed by atoms with Crippen LogP contribution in [0.2, 0.25) is 0 Å². The third-order valence-corrected chi connectivity index (χ3v) is 2.52. The molecule has 0 aliphatic carbocycles. The normalized spacial score (nSPS) is 17.3.